The van der Waals surface area contributed by atoms with E-state index in [2.05, 4.69) is 10.2 Å². The van der Waals surface area contributed by atoms with Gasteiger partial charge in [0.15, 0.2) is 0 Å². The van der Waals surface area contributed by atoms with Crippen LogP contribution in [0.15, 0.2) is 0 Å². The fourth-order valence-corrected chi connectivity index (χ4v) is 3.90. The summed E-state index contributed by atoms with van der Waals surface area (Å²) in [5.41, 5.74) is 0. The Morgan fingerprint density at radius 1 is 1.37 bits per heavy atom. The molecular formula is C12H25N3O3S. The van der Waals surface area contributed by atoms with Crippen LogP contribution in [0.25, 0.3) is 0 Å². The minimum Gasteiger partial charge on any atom is -0.379 e. The number of rotatable bonds is 5. The van der Waals surface area contributed by atoms with Gasteiger partial charge >= 0.3 is 0 Å². The van der Waals surface area contributed by atoms with Gasteiger partial charge in [-0.3, -0.25) is 4.90 Å². The van der Waals surface area contributed by atoms with Crippen LogP contribution in [0.4, 0.5) is 0 Å². The Hall–Kier alpha value is -0.210. The van der Waals surface area contributed by atoms with Crippen molar-refractivity contribution in [2.24, 2.45) is 0 Å². The molecule has 0 bridgehead atoms. The third kappa shape index (κ3) is 4.68. The van der Waals surface area contributed by atoms with Gasteiger partial charge in [-0.05, 0) is 19.4 Å². The summed E-state index contributed by atoms with van der Waals surface area (Å²) in [6, 6.07) is 0.116. The molecule has 19 heavy (non-hydrogen) atoms. The monoisotopic (exact) mass is 291 g/mol. The Bertz CT molecular complexity index is 362. The zero-order valence-electron chi connectivity index (χ0n) is 11.7. The first kappa shape index (κ1) is 15.2. The molecule has 7 heteroatoms. The van der Waals surface area contributed by atoms with Crippen LogP contribution in [0, 0.1) is 0 Å². The highest BCUT2D eigenvalue weighted by atomic mass is 32.2. The minimum atomic E-state index is -3.13. The number of nitrogens with one attached hydrogen (secondary N) is 1. The average molecular weight is 291 g/mol. The molecule has 0 amide bonds. The number of hydrogen-bond donors (Lipinski definition) is 1. The Balaban J connectivity index is 1.89. The second-order valence-corrected chi connectivity index (χ2v) is 7.26. The van der Waals surface area contributed by atoms with Crippen LogP contribution >= 0.6 is 0 Å². The van der Waals surface area contributed by atoms with E-state index in [0.29, 0.717) is 6.54 Å². The first-order valence-corrected chi connectivity index (χ1v) is 8.90. The predicted molar refractivity (Wildman–Crippen MR) is 74.7 cm³/mol. The predicted octanol–water partition coefficient (Wildman–Crippen LogP) is -0.668. The Morgan fingerprint density at radius 2 is 2.11 bits per heavy atom. The standard InChI is InChI=1S/C12H25N3O3S/c1-19(16,17)15(12-3-2-4-13-11-12)6-5-14-7-9-18-10-8-14/h12-13H,2-11H2,1H3. The van der Waals surface area contributed by atoms with Gasteiger partial charge in [-0.15, -0.1) is 0 Å². The molecule has 0 spiro atoms. The topological polar surface area (TPSA) is 61.9 Å². The molecule has 2 rings (SSSR count). The molecule has 0 aliphatic carbocycles. The summed E-state index contributed by atoms with van der Waals surface area (Å²) in [5.74, 6) is 0. The molecule has 2 saturated heterocycles. The van der Waals surface area contributed by atoms with E-state index in [4.69, 9.17) is 4.74 Å². The fraction of sp³-hybridized carbons (Fsp3) is 1.00. The van der Waals surface area contributed by atoms with Crippen LogP contribution in [0.5, 0.6) is 0 Å². The number of nitrogens with zero attached hydrogens (tertiary/aromatic N) is 2. The van der Waals surface area contributed by atoms with Gasteiger partial charge in [-0.2, -0.15) is 4.31 Å². The maximum atomic E-state index is 12.0. The molecule has 1 atom stereocenters. The van der Waals surface area contributed by atoms with E-state index in [1.807, 2.05) is 0 Å². The van der Waals surface area contributed by atoms with E-state index in [1.54, 1.807) is 4.31 Å². The van der Waals surface area contributed by atoms with Gasteiger partial charge in [0.05, 0.1) is 19.5 Å². The van der Waals surface area contributed by atoms with Gasteiger partial charge in [0.25, 0.3) is 0 Å². The smallest absolute Gasteiger partial charge is 0.211 e. The third-order valence-electron chi connectivity index (χ3n) is 3.84. The summed E-state index contributed by atoms with van der Waals surface area (Å²) in [6.45, 7) is 6.47. The van der Waals surface area contributed by atoms with Crippen LogP contribution < -0.4 is 5.32 Å². The lowest BCUT2D eigenvalue weighted by molar-refractivity contribution is 0.0350. The molecule has 0 aromatic carbocycles. The molecule has 0 aromatic heterocycles. The van der Waals surface area contributed by atoms with Crippen LogP contribution in [-0.4, -0.2) is 82.4 Å². The molecule has 1 unspecified atom stereocenters. The van der Waals surface area contributed by atoms with Crippen LogP contribution in [0.2, 0.25) is 0 Å². The molecule has 1 N–H and O–H groups in total. The number of sulfonamides is 1. The molecule has 112 valence electrons. The second-order valence-electron chi connectivity index (χ2n) is 5.33. The van der Waals surface area contributed by atoms with E-state index >= 15 is 0 Å². The first-order valence-electron chi connectivity index (χ1n) is 7.05. The summed E-state index contributed by atoms with van der Waals surface area (Å²) in [7, 11) is -3.13. The van der Waals surface area contributed by atoms with Gasteiger partial charge in [-0.1, -0.05) is 0 Å². The summed E-state index contributed by atoms with van der Waals surface area (Å²) < 4.78 is 30.9. The highest BCUT2D eigenvalue weighted by Gasteiger charge is 2.28. The van der Waals surface area contributed by atoms with Gasteiger partial charge < -0.3 is 10.1 Å². The highest BCUT2D eigenvalue weighted by molar-refractivity contribution is 7.88. The molecule has 2 heterocycles. The first-order chi connectivity index (χ1) is 9.07. The van der Waals surface area contributed by atoms with Crippen molar-refractivity contribution in [3.8, 4) is 0 Å². The zero-order chi connectivity index (χ0) is 13.7. The van der Waals surface area contributed by atoms with Crippen molar-refractivity contribution in [1.29, 1.82) is 0 Å². The van der Waals surface area contributed by atoms with Gasteiger partial charge in [0.1, 0.15) is 0 Å². The van der Waals surface area contributed by atoms with Crippen molar-refractivity contribution in [3.05, 3.63) is 0 Å². The number of morpholine rings is 1. The summed E-state index contributed by atoms with van der Waals surface area (Å²) in [5, 5.41) is 3.29. The normalized spacial score (nSPS) is 26.7. The van der Waals surface area contributed by atoms with Crippen LogP contribution in [0.1, 0.15) is 12.8 Å². The summed E-state index contributed by atoms with van der Waals surface area (Å²) >= 11 is 0. The molecule has 6 nitrogen and oxygen atoms in total. The van der Waals surface area contributed by atoms with Gasteiger partial charge in [0, 0.05) is 38.8 Å². The quantitative estimate of drug-likeness (QED) is 0.728. The minimum absolute atomic E-state index is 0.116. The molecule has 2 aliphatic rings. The van der Waals surface area contributed by atoms with Crippen LogP contribution in [0.3, 0.4) is 0 Å². The zero-order valence-corrected chi connectivity index (χ0v) is 12.5. The fourth-order valence-electron chi connectivity index (χ4n) is 2.76. The second kappa shape index (κ2) is 6.99. The van der Waals surface area contributed by atoms with E-state index in [-0.39, 0.29) is 6.04 Å². The number of hydrogen-bond acceptors (Lipinski definition) is 5. The molecular weight excluding hydrogens is 266 g/mol. The van der Waals surface area contributed by atoms with Crippen molar-refractivity contribution in [3.63, 3.8) is 0 Å². The van der Waals surface area contributed by atoms with E-state index < -0.39 is 10.0 Å². The van der Waals surface area contributed by atoms with Crippen molar-refractivity contribution in [2.75, 3.05) is 58.7 Å². The molecule has 0 saturated carbocycles. The largest absolute Gasteiger partial charge is 0.379 e. The molecule has 2 fully saturated rings. The Morgan fingerprint density at radius 3 is 2.68 bits per heavy atom. The summed E-state index contributed by atoms with van der Waals surface area (Å²) in [4.78, 5) is 2.28. The van der Waals surface area contributed by atoms with Crippen LogP contribution in [-0.2, 0) is 14.8 Å². The van der Waals surface area contributed by atoms with Crippen molar-refractivity contribution >= 4 is 10.0 Å². The average Bonchev–Trinajstić information content (AvgIpc) is 2.40. The molecule has 0 radical (unpaired) electrons. The van der Waals surface area contributed by atoms with E-state index in [9.17, 15) is 8.42 Å². The summed E-state index contributed by atoms with van der Waals surface area (Å²) in [6.07, 6.45) is 3.33. The Labute approximate surface area is 116 Å². The molecule has 0 aromatic rings. The number of ether oxygens (including phenoxy) is 1. The van der Waals surface area contributed by atoms with E-state index in [0.717, 1.165) is 58.8 Å². The lowest BCUT2D eigenvalue weighted by Crippen LogP contribution is -2.51. The van der Waals surface area contributed by atoms with Gasteiger partial charge in [-0.25, -0.2) is 8.42 Å². The maximum Gasteiger partial charge on any atom is 0.211 e. The van der Waals surface area contributed by atoms with Crippen molar-refractivity contribution in [2.45, 2.75) is 18.9 Å². The highest BCUT2D eigenvalue weighted by Crippen LogP contribution is 2.14. The third-order valence-corrected chi connectivity index (χ3v) is 5.18. The van der Waals surface area contributed by atoms with Gasteiger partial charge in [0.2, 0.25) is 10.0 Å². The SMILES string of the molecule is CS(=O)(=O)N(CCN1CCOCC1)C1CCCNC1. The maximum absolute atomic E-state index is 12.0. The van der Waals surface area contributed by atoms with E-state index in [1.165, 1.54) is 6.26 Å². The lowest BCUT2D eigenvalue weighted by atomic mass is 10.1. The van der Waals surface area contributed by atoms with Crippen molar-refractivity contribution < 1.29 is 13.2 Å². The molecule has 2 aliphatic heterocycles. The van der Waals surface area contributed by atoms with Crippen molar-refractivity contribution in [1.82, 2.24) is 14.5 Å². The number of piperidine rings is 1. The Kier molecular flexibility index (Phi) is 5.58. The lowest BCUT2D eigenvalue weighted by Gasteiger charge is -2.35.